The molecule has 0 nitrogen and oxygen atoms in total. The second kappa shape index (κ2) is 4.12. The zero-order valence-corrected chi connectivity index (χ0v) is 8.20. The van der Waals surface area contributed by atoms with Gasteiger partial charge in [-0.3, -0.25) is 0 Å². The quantitative estimate of drug-likeness (QED) is 0.339. The molecule has 0 atom stereocenters. The molecule has 0 aliphatic rings. The van der Waals surface area contributed by atoms with Crippen molar-refractivity contribution in [2.75, 3.05) is 0 Å². The van der Waals surface area contributed by atoms with Gasteiger partial charge in [0.1, 0.15) is 0 Å². The van der Waals surface area contributed by atoms with Crippen LogP contribution in [0.3, 0.4) is 0 Å². The third-order valence-electron chi connectivity index (χ3n) is 1.14. The predicted molar refractivity (Wildman–Crippen MR) is 47.6 cm³/mol. The number of rotatable bonds is 3. The Labute approximate surface area is 63.6 Å². The highest BCUT2D eigenvalue weighted by Crippen LogP contribution is 2.16. The highest BCUT2D eigenvalue weighted by Gasteiger charge is 2.14. The van der Waals surface area contributed by atoms with Gasteiger partial charge in [0, 0.05) is 0 Å². The minimum atomic E-state index is -1.27. The van der Waals surface area contributed by atoms with Crippen LogP contribution in [0.5, 0.6) is 0 Å². The molecule has 0 bridgehead atoms. The fraction of sp³-hybridized carbons (Fsp3) is 0.714. The molecule has 0 fully saturated rings. The molecule has 0 aliphatic carbocycles. The summed E-state index contributed by atoms with van der Waals surface area (Å²) in [5.41, 5.74) is 0. The van der Waals surface area contributed by atoms with Crippen molar-refractivity contribution in [1.29, 1.82) is 0 Å². The van der Waals surface area contributed by atoms with Crippen LogP contribution < -0.4 is 0 Å². The van der Waals surface area contributed by atoms with E-state index < -0.39 is 7.38 Å². The lowest BCUT2D eigenvalue weighted by Crippen LogP contribution is -2.14. The van der Waals surface area contributed by atoms with Crippen LogP contribution in [0.2, 0.25) is 19.1 Å². The molecule has 0 radical (unpaired) electrons. The van der Waals surface area contributed by atoms with Crippen molar-refractivity contribution >= 4 is 18.5 Å². The Morgan fingerprint density at radius 1 is 1.44 bits per heavy atom. The van der Waals surface area contributed by atoms with Crippen molar-refractivity contribution in [3.8, 4) is 0 Å². The van der Waals surface area contributed by atoms with Crippen molar-refractivity contribution < 1.29 is 0 Å². The van der Waals surface area contributed by atoms with E-state index in [4.69, 9.17) is 11.1 Å². The first kappa shape index (κ1) is 9.25. The van der Waals surface area contributed by atoms with E-state index in [9.17, 15) is 0 Å². The summed E-state index contributed by atoms with van der Waals surface area (Å²) in [4.78, 5) is 0. The van der Waals surface area contributed by atoms with Crippen molar-refractivity contribution in [3.63, 3.8) is 0 Å². The van der Waals surface area contributed by atoms with Crippen molar-refractivity contribution in [2.45, 2.75) is 32.5 Å². The minimum Gasteiger partial charge on any atom is -0.168 e. The molecule has 0 aliphatic heterocycles. The Bertz CT molecular complexity index is 91.6. The molecule has 0 saturated heterocycles. The van der Waals surface area contributed by atoms with Gasteiger partial charge in [0.2, 0.25) is 0 Å². The Kier molecular flexibility index (Phi) is 4.24. The lowest BCUT2D eigenvalue weighted by Gasteiger charge is -2.09. The molecule has 0 aromatic rings. The van der Waals surface area contributed by atoms with E-state index in [1.807, 2.05) is 6.92 Å². The zero-order chi connectivity index (χ0) is 7.33. The summed E-state index contributed by atoms with van der Waals surface area (Å²) in [6, 6.07) is 1.19. The van der Waals surface area contributed by atoms with Gasteiger partial charge in [0.25, 0.3) is 0 Å². The van der Waals surface area contributed by atoms with Gasteiger partial charge in [-0.1, -0.05) is 25.2 Å². The first-order valence-corrected chi connectivity index (χ1v) is 7.58. The maximum absolute atomic E-state index is 6.07. The lowest BCUT2D eigenvalue weighted by atomic mass is 10.4. The molecule has 0 amide bonds. The fourth-order valence-corrected chi connectivity index (χ4v) is 1.77. The molecule has 0 saturated carbocycles. The lowest BCUT2D eigenvalue weighted by molar-refractivity contribution is 1.17. The molecule has 54 valence electrons. The van der Waals surface area contributed by atoms with Crippen LogP contribution in [0.1, 0.15) is 13.3 Å². The Hall–Kier alpha value is 0.247. The van der Waals surface area contributed by atoms with Crippen LogP contribution in [0.4, 0.5) is 0 Å². The molecule has 2 heteroatoms. The number of allylic oxidation sites excluding steroid dienone is 2. The van der Waals surface area contributed by atoms with Gasteiger partial charge >= 0.3 is 0 Å². The summed E-state index contributed by atoms with van der Waals surface area (Å²) in [7, 11) is -1.27. The molecular formula is C7H15ClSi. The molecule has 0 aromatic heterocycles. The first-order valence-electron chi connectivity index (χ1n) is 3.36. The fourth-order valence-electron chi connectivity index (χ4n) is 0.593. The van der Waals surface area contributed by atoms with Gasteiger partial charge < -0.3 is 0 Å². The number of hydrogen-bond donors (Lipinski definition) is 0. The van der Waals surface area contributed by atoms with Gasteiger partial charge in [-0.25, -0.2) is 0 Å². The van der Waals surface area contributed by atoms with Crippen LogP contribution >= 0.6 is 11.1 Å². The van der Waals surface area contributed by atoms with Gasteiger partial charge in [0.15, 0.2) is 7.38 Å². The van der Waals surface area contributed by atoms with E-state index in [2.05, 4.69) is 25.2 Å². The Morgan fingerprint density at radius 3 is 2.33 bits per heavy atom. The standard InChI is InChI=1S/C7H15ClSi/c1-4-5-6-7-9(2,3)8/h4-5H,6-7H2,1-3H3/b5-4+. The van der Waals surface area contributed by atoms with Gasteiger partial charge in [-0.05, 0) is 19.4 Å². The molecule has 0 spiro atoms. The second-order valence-corrected chi connectivity index (χ2v) is 9.83. The van der Waals surface area contributed by atoms with E-state index in [1.165, 1.54) is 6.04 Å². The van der Waals surface area contributed by atoms with Crippen molar-refractivity contribution in [2.24, 2.45) is 0 Å². The van der Waals surface area contributed by atoms with Crippen molar-refractivity contribution in [1.82, 2.24) is 0 Å². The SMILES string of the molecule is C/C=C/CC[Si](C)(C)Cl. The van der Waals surface area contributed by atoms with E-state index in [-0.39, 0.29) is 0 Å². The highest BCUT2D eigenvalue weighted by molar-refractivity contribution is 7.19. The average Bonchev–Trinajstić information content (AvgIpc) is 1.63. The van der Waals surface area contributed by atoms with Gasteiger partial charge in [0.05, 0.1) is 0 Å². The predicted octanol–water partition coefficient (Wildman–Crippen LogP) is 3.40. The van der Waals surface area contributed by atoms with Crippen LogP contribution in [-0.2, 0) is 0 Å². The maximum atomic E-state index is 6.07. The zero-order valence-electron chi connectivity index (χ0n) is 6.45. The van der Waals surface area contributed by atoms with E-state index in [1.54, 1.807) is 0 Å². The monoisotopic (exact) mass is 162 g/mol. The highest BCUT2D eigenvalue weighted by atomic mass is 35.6. The summed E-state index contributed by atoms with van der Waals surface area (Å²) in [5, 5.41) is 0. The van der Waals surface area contributed by atoms with E-state index >= 15 is 0 Å². The topological polar surface area (TPSA) is 0 Å². The summed E-state index contributed by atoms with van der Waals surface area (Å²) < 4.78 is 0. The summed E-state index contributed by atoms with van der Waals surface area (Å²) in [6.45, 7) is 6.40. The summed E-state index contributed by atoms with van der Waals surface area (Å²) in [5.74, 6) is 0. The second-order valence-electron chi connectivity index (χ2n) is 2.83. The Morgan fingerprint density at radius 2 is 2.00 bits per heavy atom. The van der Waals surface area contributed by atoms with Gasteiger partial charge in [-0.2, -0.15) is 11.1 Å². The molecule has 0 aromatic carbocycles. The van der Waals surface area contributed by atoms with Crippen LogP contribution in [0, 0.1) is 0 Å². The largest absolute Gasteiger partial charge is 0.168 e. The van der Waals surface area contributed by atoms with Gasteiger partial charge in [-0.15, -0.1) is 0 Å². The molecule has 0 N–H and O–H groups in total. The van der Waals surface area contributed by atoms with Crippen LogP contribution in [0.15, 0.2) is 12.2 Å². The third kappa shape index (κ3) is 8.25. The van der Waals surface area contributed by atoms with E-state index in [0.717, 1.165) is 6.42 Å². The first-order chi connectivity index (χ1) is 4.06. The molecule has 0 heterocycles. The molecular weight excluding hydrogens is 148 g/mol. The molecule has 0 unspecified atom stereocenters. The smallest absolute Gasteiger partial charge is 0.150 e. The minimum absolute atomic E-state index is 1.15. The Balaban J connectivity index is 3.28. The average molecular weight is 163 g/mol. The summed E-state index contributed by atoms with van der Waals surface area (Å²) >= 11 is 6.07. The molecule has 0 rings (SSSR count). The van der Waals surface area contributed by atoms with Crippen LogP contribution in [0.25, 0.3) is 0 Å². The molecule has 9 heavy (non-hydrogen) atoms. The van der Waals surface area contributed by atoms with Crippen LogP contribution in [-0.4, -0.2) is 7.38 Å². The number of halogens is 1. The number of hydrogen-bond acceptors (Lipinski definition) is 0. The van der Waals surface area contributed by atoms with E-state index in [0.29, 0.717) is 0 Å². The maximum Gasteiger partial charge on any atom is 0.150 e. The summed E-state index contributed by atoms with van der Waals surface area (Å²) in [6.07, 6.45) is 5.41. The normalized spacial score (nSPS) is 12.9. The van der Waals surface area contributed by atoms with Crippen molar-refractivity contribution in [3.05, 3.63) is 12.2 Å². The third-order valence-corrected chi connectivity index (χ3v) is 3.19.